The first-order valence-corrected chi connectivity index (χ1v) is 10.0. The van der Waals surface area contributed by atoms with Crippen LogP contribution in [0.2, 0.25) is 0 Å². The lowest BCUT2D eigenvalue weighted by molar-refractivity contribution is -0.267. The zero-order valence-electron chi connectivity index (χ0n) is 16.3. The van der Waals surface area contributed by atoms with Crippen LogP contribution in [0.1, 0.15) is 23.1 Å². The molecule has 4 rings (SSSR count). The van der Waals surface area contributed by atoms with E-state index >= 15 is 0 Å². The molecule has 148 valence electrons. The van der Waals surface area contributed by atoms with Gasteiger partial charge in [-0.05, 0) is 29.5 Å². The number of aryl methyl sites for hydroxylation is 1. The second kappa shape index (κ2) is 9.50. The lowest BCUT2D eigenvalue weighted by atomic mass is 9.94. The van der Waals surface area contributed by atoms with Gasteiger partial charge in [-0.25, -0.2) is 5.06 Å². The molecule has 0 aromatic heterocycles. The van der Waals surface area contributed by atoms with Crippen LogP contribution in [0.5, 0.6) is 0 Å². The largest absolute Gasteiger partial charge is 0.361 e. The molecule has 1 aliphatic heterocycles. The van der Waals surface area contributed by atoms with E-state index in [0.29, 0.717) is 13.2 Å². The van der Waals surface area contributed by atoms with Crippen LogP contribution in [-0.4, -0.2) is 23.1 Å². The molecule has 0 N–H and O–H groups in total. The predicted octanol–water partition coefficient (Wildman–Crippen LogP) is 4.55. The minimum atomic E-state index is -0.463. The molecule has 1 heterocycles. The Morgan fingerprint density at radius 3 is 1.79 bits per heavy atom. The Kier molecular flexibility index (Phi) is 6.35. The predicted molar refractivity (Wildman–Crippen MR) is 112 cm³/mol. The summed E-state index contributed by atoms with van der Waals surface area (Å²) in [5, 5.41) is 1.51. The number of carbonyl (C=O) groups excluding carboxylic acids is 1. The van der Waals surface area contributed by atoms with Crippen molar-refractivity contribution < 1.29 is 14.4 Å². The van der Waals surface area contributed by atoms with Crippen LogP contribution in [0, 0.1) is 0 Å². The summed E-state index contributed by atoms with van der Waals surface area (Å²) in [5.41, 5.74) is 3.35. The molecule has 4 heteroatoms. The van der Waals surface area contributed by atoms with E-state index < -0.39 is 6.10 Å². The SMILES string of the molecule is O=C1[C@H](OCc2ccccc2)[C@@H](CCc2ccccc2)N1OCc1ccccc1. The van der Waals surface area contributed by atoms with Gasteiger partial charge in [0.05, 0.1) is 12.6 Å². The van der Waals surface area contributed by atoms with Gasteiger partial charge in [-0.15, -0.1) is 0 Å². The number of hydrogen-bond acceptors (Lipinski definition) is 3. The van der Waals surface area contributed by atoms with E-state index in [1.165, 1.54) is 10.6 Å². The Bertz CT molecular complexity index is 846. The highest BCUT2D eigenvalue weighted by molar-refractivity contribution is 5.87. The van der Waals surface area contributed by atoms with Gasteiger partial charge in [-0.2, -0.15) is 0 Å². The number of nitrogens with zero attached hydrogens (tertiary/aromatic N) is 1. The molecule has 0 bridgehead atoms. The fourth-order valence-electron chi connectivity index (χ4n) is 3.54. The van der Waals surface area contributed by atoms with Gasteiger partial charge in [0.2, 0.25) is 0 Å². The molecule has 1 saturated heterocycles. The molecular formula is C25H25NO3. The van der Waals surface area contributed by atoms with Crippen molar-refractivity contribution in [2.45, 2.75) is 38.2 Å². The van der Waals surface area contributed by atoms with Crippen LogP contribution in [0.25, 0.3) is 0 Å². The van der Waals surface area contributed by atoms with E-state index in [4.69, 9.17) is 9.57 Å². The molecule has 3 aromatic carbocycles. The van der Waals surface area contributed by atoms with Crippen LogP contribution in [-0.2, 0) is 34.0 Å². The van der Waals surface area contributed by atoms with Gasteiger partial charge in [0.25, 0.3) is 5.91 Å². The van der Waals surface area contributed by atoms with Gasteiger partial charge in [0, 0.05) is 0 Å². The molecule has 1 aliphatic rings. The zero-order valence-corrected chi connectivity index (χ0v) is 16.3. The lowest BCUT2D eigenvalue weighted by Crippen LogP contribution is -2.65. The highest BCUT2D eigenvalue weighted by atomic mass is 16.7. The second-order valence-electron chi connectivity index (χ2n) is 7.23. The van der Waals surface area contributed by atoms with E-state index in [0.717, 1.165) is 24.0 Å². The summed E-state index contributed by atoms with van der Waals surface area (Å²) >= 11 is 0. The zero-order chi connectivity index (χ0) is 19.9. The van der Waals surface area contributed by atoms with E-state index in [9.17, 15) is 4.79 Å². The normalized spacial score (nSPS) is 18.5. The maximum absolute atomic E-state index is 12.7. The first kappa shape index (κ1) is 19.4. The average molecular weight is 387 g/mol. The molecular weight excluding hydrogens is 362 g/mol. The summed E-state index contributed by atoms with van der Waals surface area (Å²) in [7, 11) is 0. The number of β-lactam (4-membered cyclic amide) rings is 1. The summed E-state index contributed by atoms with van der Waals surface area (Å²) in [4.78, 5) is 18.6. The van der Waals surface area contributed by atoms with Gasteiger partial charge < -0.3 is 4.74 Å². The van der Waals surface area contributed by atoms with Crippen LogP contribution >= 0.6 is 0 Å². The van der Waals surface area contributed by atoms with E-state index in [1.54, 1.807) is 0 Å². The van der Waals surface area contributed by atoms with Gasteiger partial charge >= 0.3 is 0 Å². The summed E-state index contributed by atoms with van der Waals surface area (Å²) in [6, 6.07) is 30.0. The summed E-state index contributed by atoms with van der Waals surface area (Å²) in [6.07, 6.45) is 1.20. The van der Waals surface area contributed by atoms with Crippen molar-refractivity contribution in [1.82, 2.24) is 5.06 Å². The number of hydroxylamine groups is 2. The number of hydrogen-bond donors (Lipinski definition) is 0. The van der Waals surface area contributed by atoms with E-state index in [1.807, 2.05) is 78.9 Å². The summed E-state index contributed by atoms with van der Waals surface area (Å²) < 4.78 is 5.99. The quantitative estimate of drug-likeness (QED) is 0.506. The van der Waals surface area contributed by atoms with Crippen molar-refractivity contribution in [3.8, 4) is 0 Å². The number of amides is 1. The standard InChI is InChI=1S/C25H25NO3/c27-25-24(28-18-21-12-6-2-7-13-21)23(17-16-20-10-4-1-5-11-20)26(25)29-19-22-14-8-3-9-15-22/h1-15,23-24H,16-19H2/t23-,24-/m1/s1. The maximum Gasteiger partial charge on any atom is 0.277 e. The van der Waals surface area contributed by atoms with Crippen LogP contribution in [0.15, 0.2) is 91.0 Å². The van der Waals surface area contributed by atoms with Crippen LogP contribution < -0.4 is 0 Å². The molecule has 0 saturated carbocycles. The topological polar surface area (TPSA) is 38.8 Å². The molecule has 3 aromatic rings. The third kappa shape index (κ3) is 4.91. The molecule has 4 nitrogen and oxygen atoms in total. The second-order valence-corrected chi connectivity index (χ2v) is 7.23. The molecule has 1 amide bonds. The van der Waals surface area contributed by atoms with Gasteiger partial charge in [0.1, 0.15) is 6.61 Å². The number of carbonyl (C=O) groups is 1. The Morgan fingerprint density at radius 1 is 0.690 bits per heavy atom. The Labute approximate surface area is 171 Å². The fourth-order valence-corrected chi connectivity index (χ4v) is 3.54. The number of ether oxygens (including phenoxy) is 1. The highest BCUT2D eigenvalue weighted by Crippen LogP contribution is 2.29. The minimum absolute atomic E-state index is 0.0878. The molecule has 0 radical (unpaired) electrons. The fraction of sp³-hybridized carbons (Fsp3) is 0.240. The molecule has 0 unspecified atom stereocenters. The lowest BCUT2D eigenvalue weighted by Gasteiger charge is -2.45. The Morgan fingerprint density at radius 2 is 1.21 bits per heavy atom. The molecule has 0 spiro atoms. The van der Waals surface area contributed by atoms with Crippen molar-refractivity contribution >= 4 is 5.91 Å². The van der Waals surface area contributed by atoms with Crippen molar-refractivity contribution in [3.05, 3.63) is 108 Å². The van der Waals surface area contributed by atoms with Gasteiger partial charge in [-0.1, -0.05) is 91.0 Å². The summed E-state index contributed by atoms with van der Waals surface area (Å²) in [5.74, 6) is -0.102. The van der Waals surface area contributed by atoms with Crippen molar-refractivity contribution in [3.63, 3.8) is 0 Å². The van der Waals surface area contributed by atoms with E-state index in [-0.39, 0.29) is 11.9 Å². The monoisotopic (exact) mass is 387 g/mol. The average Bonchev–Trinajstić information content (AvgIpc) is 2.78. The first-order chi connectivity index (χ1) is 14.3. The van der Waals surface area contributed by atoms with Gasteiger partial charge in [0.15, 0.2) is 6.10 Å². The van der Waals surface area contributed by atoms with Gasteiger partial charge in [-0.3, -0.25) is 9.63 Å². The Balaban J connectivity index is 1.39. The first-order valence-electron chi connectivity index (χ1n) is 10.0. The third-order valence-corrected chi connectivity index (χ3v) is 5.17. The van der Waals surface area contributed by atoms with E-state index in [2.05, 4.69) is 12.1 Å². The number of benzene rings is 3. The van der Waals surface area contributed by atoms with Crippen LogP contribution in [0.4, 0.5) is 0 Å². The highest BCUT2D eigenvalue weighted by Gasteiger charge is 2.49. The van der Waals surface area contributed by atoms with Crippen molar-refractivity contribution in [2.24, 2.45) is 0 Å². The molecule has 29 heavy (non-hydrogen) atoms. The molecule has 0 aliphatic carbocycles. The minimum Gasteiger partial charge on any atom is -0.361 e. The molecule has 2 atom stereocenters. The number of rotatable bonds is 9. The third-order valence-electron chi connectivity index (χ3n) is 5.17. The van der Waals surface area contributed by atoms with Crippen molar-refractivity contribution in [1.29, 1.82) is 0 Å². The maximum atomic E-state index is 12.7. The summed E-state index contributed by atoms with van der Waals surface area (Å²) in [6.45, 7) is 0.797. The smallest absolute Gasteiger partial charge is 0.277 e. The molecule has 1 fully saturated rings. The van der Waals surface area contributed by atoms with Crippen molar-refractivity contribution in [2.75, 3.05) is 0 Å². The Hall–Kier alpha value is -2.95. The van der Waals surface area contributed by atoms with Crippen LogP contribution in [0.3, 0.4) is 0 Å².